The van der Waals surface area contributed by atoms with Crippen molar-refractivity contribution in [2.45, 2.75) is 19.3 Å². The van der Waals surface area contributed by atoms with Crippen molar-refractivity contribution in [1.29, 1.82) is 0 Å². The number of sulfone groups is 1. The Morgan fingerprint density at radius 1 is 1.00 bits per heavy atom. The van der Waals surface area contributed by atoms with Crippen molar-refractivity contribution in [3.05, 3.63) is 60.2 Å². The van der Waals surface area contributed by atoms with Crippen LogP contribution in [0.2, 0.25) is 0 Å². The zero-order valence-electron chi connectivity index (χ0n) is 14.1. The van der Waals surface area contributed by atoms with Gasteiger partial charge in [-0.25, -0.2) is 8.42 Å². The van der Waals surface area contributed by atoms with Crippen LogP contribution in [0.1, 0.15) is 29.6 Å². The molecule has 1 saturated heterocycles. The molecule has 0 bridgehead atoms. The Labute approximate surface area is 149 Å². The maximum atomic E-state index is 12.2. The van der Waals surface area contributed by atoms with Crippen molar-refractivity contribution in [2.24, 2.45) is 5.92 Å². The zero-order chi connectivity index (χ0) is 17.7. The van der Waals surface area contributed by atoms with Crippen LogP contribution >= 0.6 is 0 Å². The number of hydrogen-bond donors (Lipinski definition) is 1. The lowest BCUT2D eigenvalue weighted by molar-refractivity contribution is 0.0952. The van der Waals surface area contributed by atoms with E-state index in [1.54, 1.807) is 0 Å². The lowest BCUT2D eigenvalue weighted by Crippen LogP contribution is -2.24. The van der Waals surface area contributed by atoms with E-state index in [9.17, 15) is 13.2 Å². The van der Waals surface area contributed by atoms with E-state index in [1.165, 1.54) is 0 Å². The molecule has 132 valence electrons. The highest BCUT2D eigenvalue weighted by atomic mass is 32.2. The highest BCUT2D eigenvalue weighted by molar-refractivity contribution is 7.91. The van der Waals surface area contributed by atoms with Gasteiger partial charge in [-0.2, -0.15) is 0 Å². The van der Waals surface area contributed by atoms with Crippen molar-refractivity contribution >= 4 is 15.7 Å². The summed E-state index contributed by atoms with van der Waals surface area (Å²) in [5.41, 5.74) is 2.85. The van der Waals surface area contributed by atoms with Gasteiger partial charge in [0.05, 0.1) is 11.5 Å². The molecule has 1 atom stereocenters. The number of amides is 1. The molecule has 0 saturated carbocycles. The first kappa shape index (κ1) is 17.7. The van der Waals surface area contributed by atoms with E-state index in [0.29, 0.717) is 23.6 Å². The molecule has 1 heterocycles. The molecule has 2 aromatic rings. The van der Waals surface area contributed by atoms with Gasteiger partial charge in [-0.15, -0.1) is 0 Å². The average molecular weight is 357 g/mol. The third-order valence-corrected chi connectivity index (χ3v) is 6.49. The van der Waals surface area contributed by atoms with Gasteiger partial charge in [-0.3, -0.25) is 4.79 Å². The van der Waals surface area contributed by atoms with Gasteiger partial charge in [-0.1, -0.05) is 42.5 Å². The predicted molar refractivity (Wildman–Crippen MR) is 100 cm³/mol. The number of benzene rings is 2. The topological polar surface area (TPSA) is 63.2 Å². The summed E-state index contributed by atoms with van der Waals surface area (Å²) in [5, 5.41) is 2.91. The molecule has 0 spiro atoms. The molecule has 1 unspecified atom stereocenters. The summed E-state index contributed by atoms with van der Waals surface area (Å²) in [5.74, 6) is 0.797. The largest absolute Gasteiger partial charge is 0.352 e. The smallest absolute Gasteiger partial charge is 0.251 e. The second kappa shape index (κ2) is 7.83. The van der Waals surface area contributed by atoms with Gasteiger partial charge < -0.3 is 5.32 Å². The van der Waals surface area contributed by atoms with Crippen LogP contribution < -0.4 is 5.32 Å². The van der Waals surface area contributed by atoms with Crippen LogP contribution in [0.15, 0.2) is 54.6 Å². The van der Waals surface area contributed by atoms with E-state index in [4.69, 9.17) is 0 Å². The van der Waals surface area contributed by atoms with Gasteiger partial charge >= 0.3 is 0 Å². The third-order valence-electron chi connectivity index (χ3n) is 4.66. The van der Waals surface area contributed by atoms with E-state index in [2.05, 4.69) is 5.32 Å². The molecule has 5 heteroatoms. The number of carbonyl (C=O) groups excluding carboxylic acids is 1. The van der Waals surface area contributed by atoms with E-state index < -0.39 is 9.84 Å². The second-order valence-electron chi connectivity index (χ2n) is 6.61. The van der Waals surface area contributed by atoms with Crippen LogP contribution in [0.4, 0.5) is 0 Å². The number of nitrogens with one attached hydrogen (secondary N) is 1. The fourth-order valence-corrected chi connectivity index (χ4v) is 5.15. The molecule has 0 radical (unpaired) electrons. The minimum Gasteiger partial charge on any atom is -0.352 e. The Kier molecular flexibility index (Phi) is 5.53. The number of rotatable bonds is 6. The Balaban J connectivity index is 1.45. The lowest BCUT2D eigenvalue weighted by Gasteiger charge is -2.09. The van der Waals surface area contributed by atoms with Gasteiger partial charge in [0.15, 0.2) is 9.84 Å². The maximum absolute atomic E-state index is 12.2. The van der Waals surface area contributed by atoms with E-state index >= 15 is 0 Å². The van der Waals surface area contributed by atoms with Crippen molar-refractivity contribution in [1.82, 2.24) is 5.32 Å². The summed E-state index contributed by atoms with van der Waals surface area (Å²) >= 11 is 0. The van der Waals surface area contributed by atoms with Crippen molar-refractivity contribution in [3.8, 4) is 11.1 Å². The molecule has 0 aromatic heterocycles. The van der Waals surface area contributed by atoms with Crippen LogP contribution in [0.3, 0.4) is 0 Å². The molecule has 1 aliphatic rings. The summed E-state index contributed by atoms with van der Waals surface area (Å²) in [6.07, 6.45) is 2.43. The van der Waals surface area contributed by atoms with Crippen molar-refractivity contribution < 1.29 is 13.2 Å². The fraction of sp³-hybridized carbons (Fsp3) is 0.350. The average Bonchev–Trinajstić information content (AvgIpc) is 2.98. The van der Waals surface area contributed by atoms with Crippen LogP contribution in [0.25, 0.3) is 11.1 Å². The van der Waals surface area contributed by atoms with Gasteiger partial charge in [-0.05, 0) is 48.4 Å². The van der Waals surface area contributed by atoms with E-state index in [0.717, 1.165) is 30.4 Å². The Morgan fingerprint density at radius 2 is 1.68 bits per heavy atom. The summed E-state index contributed by atoms with van der Waals surface area (Å²) in [6, 6.07) is 17.6. The summed E-state index contributed by atoms with van der Waals surface area (Å²) in [6.45, 7) is 0.579. The molecule has 1 N–H and O–H groups in total. The van der Waals surface area contributed by atoms with Crippen LogP contribution in [-0.4, -0.2) is 32.4 Å². The summed E-state index contributed by atoms with van der Waals surface area (Å²) in [7, 11) is -2.81. The van der Waals surface area contributed by atoms with E-state index in [1.807, 2.05) is 54.6 Å². The lowest BCUT2D eigenvalue weighted by atomic mass is 10.0. The Bertz CT molecular complexity index is 814. The standard InChI is InChI=1S/C20H23NO3S/c22-20(21-13-4-5-16-12-14-25(23,24)15-16)19-10-8-18(9-11-19)17-6-2-1-3-7-17/h1-3,6-11,16H,4-5,12-15H2,(H,21,22). The molecule has 1 fully saturated rings. The quantitative estimate of drug-likeness (QED) is 0.807. The van der Waals surface area contributed by atoms with Crippen LogP contribution in [-0.2, 0) is 9.84 Å². The second-order valence-corrected chi connectivity index (χ2v) is 8.84. The molecule has 1 aliphatic heterocycles. The zero-order valence-corrected chi connectivity index (χ0v) is 15.0. The van der Waals surface area contributed by atoms with Gasteiger partial charge in [0.25, 0.3) is 5.91 Å². The molecule has 4 nitrogen and oxygen atoms in total. The van der Waals surface area contributed by atoms with Gasteiger partial charge in [0.1, 0.15) is 0 Å². The Hall–Kier alpha value is -2.14. The highest BCUT2D eigenvalue weighted by Gasteiger charge is 2.27. The fourth-order valence-electron chi connectivity index (χ4n) is 3.24. The third kappa shape index (κ3) is 4.92. The molecular formula is C20H23NO3S. The molecular weight excluding hydrogens is 334 g/mol. The molecule has 1 amide bonds. The highest BCUT2D eigenvalue weighted by Crippen LogP contribution is 2.22. The molecule has 0 aliphatic carbocycles. The normalized spacial score (nSPS) is 18.8. The molecule has 3 rings (SSSR count). The monoisotopic (exact) mass is 357 g/mol. The summed E-state index contributed by atoms with van der Waals surface area (Å²) in [4.78, 5) is 12.2. The van der Waals surface area contributed by atoms with Crippen LogP contribution in [0.5, 0.6) is 0 Å². The SMILES string of the molecule is O=C(NCCCC1CCS(=O)(=O)C1)c1ccc(-c2ccccc2)cc1. The minimum absolute atomic E-state index is 0.0846. The summed E-state index contributed by atoms with van der Waals surface area (Å²) < 4.78 is 22.9. The van der Waals surface area contributed by atoms with Crippen molar-refractivity contribution in [2.75, 3.05) is 18.1 Å². The number of hydrogen-bond acceptors (Lipinski definition) is 3. The first-order valence-electron chi connectivity index (χ1n) is 8.68. The van der Waals surface area contributed by atoms with E-state index in [-0.39, 0.29) is 11.8 Å². The molecule has 2 aromatic carbocycles. The first-order valence-corrected chi connectivity index (χ1v) is 10.5. The molecule has 25 heavy (non-hydrogen) atoms. The maximum Gasteiger partial charge on any atom is 0.251 e. The van der Waals surface area contributed by atoms with Gasteiger partial charge in [0, 0.05) is 12.1 Å². The minimum atomic E-state index is -2.81. The predicted octanol–water partition coefficient (Wildman–Crippen LogP) is 3.30. The van der Waals surface area contributed by atoms with Crippen LogP contribution in [0, 0.1) is 5.92 Å². The first-order chi connectivity index (χ1) is 12.0. The Morgan fingerprint density at radius 3 is 2.32 bits per heavy atom. The van der Waals surface area contributed by atoms with Crippen molar-refractivity contribution in [3.63, 3.8) is 0 Å². The number of carbonyl (C=O) groups is 1. The van der Waals surface area contributed by atoms with Gasteiger partial charge in [0.2, 0.25) is 0 Å².